The number of hydrogen-bond acceptors (Lipinski definition) is 4. The Hall–Kier alpha value is -3.82. The van der Waals surface area contributed by atoms with Crippen molar-refractivity contribution in [2.45, 2.75) is 36.8 Å². The van der Waals surface area contributed by atoms with E-state index in [-0.39, 0.29) is 28.1 Å². The highest BCUT2D eigenvalue weighted by Gasteiger charge is 2.71. The average Bonchev–Trinajstić information content (AvgIpc) is 3.41. The van der Waals surface area contributed by atoms with Crippen LogP contribution in [0.15, 0.2) is 90.2 Å². The van der Waals surface area contributed by atoms with Gasteiger partial charge in [-0.15, -0.1) is 0 Å². The van der Waals surface area contributed by atoms with Crippen molar-refractivity contribution in [2.75, 3.05) is 13.1 Å². The Labute approximate surface area is 226 Å². The molecule has 1 saturated carbocycles. The molecule has 3 unspecified atom stereocenters. The number of rotatable bonds is 6. The highest BCUT2D eigenvalue weighted by Crippen LogP contribution is 2.70. The van der Waals surface area contributed by atoms with Gasteiger partial charge in [-0.1, -0.05) is 30.3 Å². The monoisotopic (exact) mass is 541 g/mol. The van der Waals surface area contributed by atoms with Gasteiger partial charge in [-0.3, -0.25) is 4.68 Å². The number of aromatic nitrogens is 4. The van der Waals surface area contributed by atoms with Crippen molar-refractivity contribution >= 4 is 20.9 Å². The predicted octanol–water partition coefficient (Wildman–Crippen LogP) is 5.05. The molecule has 1 saturated heterocycles. The summed E-state index contributed by atoms with van der Waals surface area (Å²) in [7, 11) is -3.72. The van der Waals surface area contributed by atoms with E-state index in [2.05, 4.69) is 41.4 Å². The Kier molecular flexibility index (Phi) is 5.34. The van der Waals surface area contributed by atoms with E-state index >= 15 is 0 Å². The topological polar surface area (TPSA) is 73.0 Å². The van der Waals surface area contributed by atoms with Crippen LogP contribution in [-0.2, 0) is 22.0 Å². The van der Waals surface area contributed by atoms with Crippen LogP contribution in [-0.4, -0.2) is 45.4 Å². The maximum atomic E-state index is 13.6. The van der Waals surface area contributed by atoms with Crippen molar-refractivity contribution in [3.8, 4) is 5.69 Å². The zero-order chi connectivity index (χ0) is 26.9. The number of fused-ring (bicyclic) bond motifs is 2. The second-order valence-corrected chi connectivity index (χ2v) is 12.5. The van der Waals surface area contributed by atoms with Crippen LogP contribution in [0.3, 0.4) is 0 Å². The molecule has 0 N–H and O–H groups in total. The summed E-state index contributed by atoms with van der Waals surface area (Å²) >= 11 is 0. The van der Waals surface area contributed by atoms with Gasteiger partial charge < -0.3 is 0 Å². The molecule has 5 aromatic rings. The highest BCUT2D eigenvalue weighted by molar-refractivity contribution is 7.89. The van der Waals surface area contributed by atoms with E-state index in [1.165, 1.54) is 17.7 Å². The number of sulfonamides is 1. The molecule has 3 aromatic carbocycles. The van der Waals surface area contributed by atoms with Gasteiger partial charge in [0, 0.05) is 42.6 Å². The molecule has 0 bridgehead atoms. The lowest BCUT2D eigenvalue weighted by Crippen LogP contribution is -2.35. The number of nitrogens with zero attached hydrogens (tertiary/aromatic N) is 5. The predicted molar refractivity (Wildman–Crippen MR) is 147 cm³/mol. The van der Waals surface area contributed by atoms with Crippen LogP contribution in [0, 0.1) is 18.7 Å². The van der Waals surface area contributed by atoms with E-state index in [4.69, 9.17) is 0 Å². The minimum Gasteiger partial charge on any atom is -0.272 e. The standard InChI is InChI=1S/C30H28FN5O2S/c1-3-34-14-13-28(33-34)39(37,38)35-18-26-29(21-7-5-4-6-8-21)30(26,19-35)25-16-22-17-32-36(27(22)15-20(25)2)24-11-9-23(31)10-12-24/h4-17,26,29H,3,18-19H2,1-2H3. The quantitative estimate of drug-likeness (QED) is 0.302. The van der Waals surface area contributed by atoms with Crippen molar-refractivity contribution in [2.24, 2.45) is 5.92 Å². The third kappa shape index (κ3) is 3.60. The summed E-state index contributed by atoms with van der Waals surface area (Å²) in [6.45, 7) is 5.49. The molecule has 0 radical (unpaired) electrons. The highest BCUT2D eigenvalue weighted by atomic mass is 32.2. The van der Waals surface area contributed by atoms with Crippen molar-refractivity contribution in [1.82, 2.24) is 23.9 Å². The average molecular weight is 542 g/mol. The fraction of sp³-hybridized carbons (Fsp3) is 0.267. The molecule has 7 nitrogen and oxygen atoms in total. The molecule has 2 fully saturated rings. The second kappa shape index (κ2) is 8.59. The van der Waals surface area contributed by atoms with Crippen molar-refractivity contribution in [3.63, 3.8) is 0 Å². The zero-order valence-corrected chi connectivity index (χ0v) is 22.5. The van der Waals surface area contributed by atoms with Gasteiger partial charge in [0.2, 0.25) is 0 Å². The first kappa shape index (κ1) is 24.2. The van der Waals surface area contributed by atoms with Gasteiger partial charge in [-0.05, 0) is 78.9 Å². The first-order valence-electron chi connectivity index (χ1n) is 13.2. The molecule has 3 heterocycles. The Morgan fingerprint density at radius 2 is 1.82 bits per heavy atom. The van der Waals surface area contributed by atoms with Crippen LogP contribution in [0.1, 0.15) is 29.5 Å². The first-order chi connectivity index (χ1) is 18.8. The number of piperidine rings is 1. The lowest BCUT2D eigenvalue weighted by atomic mass is 9.87. The largest absolute Gasteiger partial charge is 0.272 e. The smallest absolute Gasteiger partial charge is 0.262 e. The number of benzene rings is 3. The molecule has 0 spiro atoms. The normalized spacial score (nSPS) is 22.8. The molecule has 198 valence electrons. The Morgan fingerprint density at radius 3 is 2.54 bits per heavy atom. The van der Waals surface area contributed by atoms with E-state index in [9.17, 15) is 12.8 Å². The van der Waals surface area contributed by atoms with Gasteiger partial charge in [-0.25, -0.2) is 17.5 Å². The van der Waals surface area contributed by atoms with Gasteiger partial charge in [-0.2, -0.15) is 14.5 Å². The number of aryl methyl sites for hydroxylation is 2. The van der Waals surface area contributed by atoms with Crippen molar-refractivity contribution in [3.05, 3.63) is 108 Å². The lowest BCUT2D eigenvalue weighted by molar-refractivity contribution is 0.418. The summed E-state index contributed by atoms with van der Waals surface area (Å²) in [5.41, 5.74) is 4.86. The Balaban J connectivity index is 1.32. The molecule has 1 aliphatic carbocycles. The van der Waals surface area contributed by atoms with E-state index in [0.29, 0.717) is 19.6 Å². The molecule has 2 aliphatic rings. The molecule has 9 heteroatoms. The molecule has 3 atom stereocenters. The van der Waals surface area contributed by atoms with Crippen LogP contribution in [0.2, 0.25) is 0 Å². The summed E-state index contributed by atoms with van der Waals surface area (Å²) in [4.78, 5) is 0. The van der Waals surface area contributed by atoms with Crippen LogP contribution in [0.4, 0.5) is 4.39 Å². The maximum absolute atomic E-state index is 13.6. The van der Waals surface area contributed by atoms with Crippen LogP contribution in [0.25, 0.3) is 16.6 Å². The maximum Gasteiger partial charge on any atom is 0.262 e. The molecule has 7 rings (SSSR count). The summed E-state index contributed by atoms with van der Waals surface area (Å²) in [6.07, 6.45) is 3.54. The molecule has 1 aliphatic heterocycles. The first-order valence-corrected chi connectivity index (χ1v) is 14.6. The Bertz CT molecular complexity index is 1810. The summed E-state index contributed by atoms with van der Waals surface area (Å²) < 4.78 is 45.9. The number of halogens is 1. The van der Waals surface area contributed by atoms with Gasteiger partial charge in [0.15, 0.2) is 5.03 Å². The molecular weight excluding hydrogens is 513 g/mol. The third-order valence-electron chi connectivity index (χ3n) is 8.54. The van der Waals surface area contributed by atoms with Gasteiger partial charge in [0.1, 0.15) is 5.82 Å². The van der Waals surface area contributed by atoms with Crippen LogP contribution >= 0.6 is 0 Å². The van der Waals surface area contributed by atoms with E-state index < -0.39 is 10.0 Å². The minimum absolute atomic E-state index is 0.102. The molecular formula is C30H28FN5O2S. The SMILES string of the molecule is CCn1ccc(S(=O)(=O)N2CC3C(c4ccccc4)C3(c3cc4cnn(-c5ccc(F)cc5)c4cc3C)C2)n1. The minimum atomic E-state index is -3.72. The van der Waals surface area contributed by atoms with E-state index in [1.54, 1.807) is 33.4 Å². The van der Waals surface area contributed by atoms with E-state index in [0.717, 1.165) is 27.7 Å². The fourth-order valence-electron chi connectivity index (χ4n) is 6.66. The summed E-state index contributed by atoms with van der Waals surface area (Å²) in [6, 6.07) is 22.6. The summed E-state index contributed by atoms with van der Waals surface area (Å²) in [5, 5.41) is 9.97. The van der Waals surface area contributed by atoms with Crippen LogP contribution in [0.5, 0.6) is 0 Å². The molecule has 0 amide bonds. The zero-order valence-electron chi connectivity index (χ0n) is 21.7. The van der Waals surface area contributed by atoms with Crippen molar-refractivity contribution < 1.29 is 12.8 Å². The number of hydrogen-bond donors (Lipinski definition) is 0. The van der Waals surface area contributed by atoms with Crippen molar-refractivity contribution in [1.29, 1.82) is 0 Å². The van der Waals surface area contributed by atoms with Crippen LogP contribution < -0.4 is 0 Å². The van der Waals surface area contributed by atoms with Gasteiger partial charge in [0.05, 0.1) is 17.4 Å². The summed E-state index contributed by atoms with van der Waals surface area (Å²) in [5.74, 6) is 0.0922. The fourth-order valence-corrected chi connectivity index (χ4v) is 8.11. The molecule has 39 heavy (non-hydrogen) atoms. The van der Waals surface area contributed by atoms with Gasteiger partial charge >= 0.3 is 0 Å². The second-order valence-electron chi connectivity index (χ2n) is 10.6. The van der Waals surface area contributed by atoms with E-state index in [1.807, 2.05) is 36.0 Å². The van der Waals surface area contributed by atoms with Gasteiger partial charge in [0.25, 0.3) is 10.0 Å². The lowest BCUT2D eigenvalue weighted by Gasteiger charge is -2.24. The Morgan fingerprint density at radius 1 is 1.05 bits per heavy atom. The third-order valence-corrected chi connectivity index (χ3v) is 10.2. The molecule has 2 aromatic heterocycles.